The van der Waals surface area contributed by atoms with Gasteiger partial charge in [0.1, 0.15) is 24.6 Å². The molecule has 4 aromatic rings. The van der Waals surface area contributed by atoms with Gasteiger partial charge in [0, 0.05) is 65.6 Å². The largest absolute Gasteiger partial charge is 0.455 e. The summed E-state index contributed by atoms with van der Waals surface area (Å²) in [6, 6.07) is 22.9. The van der Waals surface area contributed by atoms with E-state index in [1.165, 1.54) is 118 Å². The quantitative estimate of drug-likeness (QED) is 0.311. The second-order valence-electron chi connectivity index (χ2n) is 12.8. The highest BCUT2D eigenvalue weighted by Gasteiger charge is 2.35. The Labute approximate surface area is 247 Å². The van der Waals surface area contributed by atoms with Crippen LogP contribution in [0.4, 0.5) is 5.69 Å². The molecule has 0 amide bonds. The van der Waals surface area contributed by atoms with E-state index in [4.69, 9.17) is 10.5 Å². The second-order valence-corrected chi connectivity index (χ2v) is 12.8. The number of anilines is 1. The van der Waals surface area contributed by atoms with Crippen LogP contribution in [0.25, 0.3) is 16.7 Å². The van der Waals surface area contributed by atoms with Crippen molar-refractivity contribution < 1.29 is 4.74 Å². The smallest absolute Gasteiger partial charge is 0.210 e. The standard InChI is InChI=1S/C38H38N3O/c39-23-24-9-11-25(12-10-24)26-13-15-27(16-14-26)34-32-21-28-5-1-17-40-19-3-7-30(35(28)40)37(32)42-38-31-8-4-20-41-18-2-6-29(36(31)41)22-33(34)38/h9-16,21-22H,1-8,17-20,23,39H2/q+1. The van der Waals surface area contributed by atoms with Gasteiger partial charge in [-0.15, -0.1) is 0 Å². The van der Waals surface area contributed by atoms with Crippen molar-refractivity contribution in [1.82, 2.24) is 4.58 Å². The fourth-order valence-corrected chi connectivity index (χ4v) is 8.49. The maximum Gasteiger partial charge on any atom is 0.210 e. The zero-order valence-electron chi connectivity index (χ0n) is 24.3. The molecule has 4 nitrogen and oxygen atoms in total. The lowest BCUT2D eigenvalue weighted by Crippen LogP contribution is -2.45. The van der Waals surface area contributed by atoms with Gasteiger partial charge in [-0.1, -0.05) is 48.5 Å². The molecule has 0 fully saturated rings. The summed E-state index contributed by atoms with van der Waals surface area (Å²) in [4.78, 5) is 2.64. The van der Waals surface area contributed by atoms with E-state index in [1.54, 1.807) is 0 Å². The number of benzene rings is 4. The van der Waals surface area contributed by atoms with E-state index in [0.717, 1.165) is 42.7 Å². The Bertz CT molecular complexity index is 1880. The molecule has 210 valence electrons. The topological polar surface area (TPSA) is 41.5 Å². The molecule has 0 aliphatic carbocycles. The van der Waals surface area contributed by atoms with E-state index in [1.807, 2.05) is 0 Å². The van der Waals surface area contributed by atoms with Crippen LogP contribution >= 0.6 is 0 Å². The van der Waals surface area contributed by atoms with Crippen LogP contribution in [0.3, 0.4) is 0 Å². The molecule has 5 heterocycles. The van der Waals surface area contributed by atoms with Crippen molar-refractivity contribution in [3.05, 3.63) is 110 Å². The van der Waals surface area contributed by atoms with E-state index >= 15 is 0 Å². The summed E-state index contributed by atoms with van der Waals surface area (Å²) in [5, 5.41) is 2.79. The molecule has 42 heavy (non-hydrogen) atoms. The van der Waals surface area contributed by atoms with Crippen molar-refractivity contribution in [2.45, 2.75) is 57.9 Å². The Hall–Kier alpha value is -3.89. The highest BCUT2D eigenvalue weighted by atomic mass is 16.5. The lowest BCUT2D eigenvalue weighted by Gasteiger charge is -2.39. The first-order chi connectivity index (χ1) is 20.8. The molecule has 0 saturated carbocycles. The SMILES string of the molecule is NCc1ccc(-c2ccc(C3=c4cc5c6c(c4Oc4c3cc3c7c4CCCN7CCC3)CCC[N+]=6CCC5)cc2)cc1. The van der Waals surface area contributed by atoms with Crippen LogP contribution in [0, 0.1) is 0 Å². The van der Waals surface area contributed by atoms with Crippen LogP contribution in [0.5, 0.6) is 11.5 Å². The average molecular weight is 553 g/mol. The molecule has 0 unspecified atom stereocenters. The molecule has 0 radical (unpaired) electrons. The summed E-state index contributed by atoms with van der Waals surface area (Å²) in [7, 11) is 0. The number of fused-ring (bicyclic) bond motifs is 4. The highest BCUT2D eigenvalue weighted by molar-refractivity contribution is 5.89. The van der Waals surface area contributed by atoms with Crippen LogP contribution in [0.1, 0.15) is 64.6 Å². The predicted molar refractivity (Wildman–Crippen MR) is 170 cm³/mol. The number of nitrogens with two attached hydrogens (primary N) is 1. The predicted octanol–water partition coefficient (Wildman–Crippen LogP) is 5.25. The summed E-state index contributed by atoms with van der Waals surface area (Å²) >= 11 is 0. The third-order valence-electron chi connectivity index (χ3n) is 10.4. The molecule has 0 spiro atoms. The first kappa shape index (κ1) is 24.7. The molecule has 4 aromatic carbocycles. The Morgan fingerprint density at radius 1 is 0.690 bits per heavy atom. The van der Waals surface area contributed by atoms with E-state index in [9.17, 15) is 0 Å². The van der Waals surface area contributed by atoms with E-state index in [2.05, 4.69) is 70.1 Å². The Balaban J connectivity index is 1.31. The number of aryl methyl sites for hydroxylation is 2. The van der Waals surface area contributed by atoms with E-state index in [0.29, 0.717) is 6.54 Å². The fraction of sp³-hybridized carbons (Fsp3) is 0.342. The molecule has 0 bridgehead atoms. The third kappa shape index (κ3) is 3.67. The number of hydrogen-bond donors (Lipinski definition) is 1. The highest BCUT2D eigenvalue weighted by Crippen LogP contribution is 2.48. The lowest BCUT2D eigenvalue weighted by atomic mass is 9.82. The van der Waals surface area contributed by atoms with Gasteiger partial charge in [-0.05, 0) is 78.5 Å². The van der Waals surface area contributed by atoms with Crippen molar-refractivity contribution in [3.8, 4) is 22.6 Å². The molecular formula is C38H38N3O+. The van der Waals surface area contributed by atoms with Gasteiger partial charge < -0.3 is 15.4 Å². The fourth-order valence-electron chi connectivity index (χ4n) is 8.49. The maximum atomic E-state index is 7.20. The molecule has 5 aliphatic heterocycles. The molecule has 0 aromatic heterocycles. The Morgan fingerprint density at radius 2 is 1.36 bits per heavy atom. The van der Waals surface area contributed by atoms with Crippen molar-refractivity contribution in [1.29, 1.82) is 0 Å². The van der Waals surface area contributed by atoms with Crippen LogP contribution in [0.15, 0.2) is 60.7 Å². The van der Waals surface area contributed by atoms with E-state index in [-0.39, 0.29) is 0 Å². The summed E-state index contributed by atoms with van der Waals surface area (Å²) in [5.41, 5.74) is 20.8. The first-order valence-corrected chi connectivity index (χ1v) is 16.1. The zero-order valence-corrected chi connectivity index (χ0v) is 24.3. The van der Waals surface area contributed by atoms with Gasteiger partial charge in [0.05, 0.1) is 5.56 Å². The summed E-state index contributed by atoms with van der Waals surface area (Å²) in [6.45, 7) is 5.27. The number of hydrogen-bond acceptors (Lipinski definition) is 3. The van der Waals surface area contributed by atoms with Gasteiger partial charge in [0.15, 0.2) is 0 Å². The zero-order chi connectivity index (χ0) is 27.8. The Morgan fingerprint density at radius 3 is 2.14 bits per heavy atom. The molecule has 4 heteroatoms. The van der Waals surface area contributed by atoms with E-state index < -0.39 is 0 Å². The van der Waals surface area contributed by atoms with Gasteiger partial charge in [-0.2, -0.15) is 0 Å². The maximum absolute atomic E-state index is 7.20. The summed E-state index contributed by atoms with van der Waals surface area (Å²) in [5.74, 6) is 2.27. The van der Waals surface area contributed by atoms with Gasteiger partial charge in [-0.25, -0.2) is 4.58 Å². The molecule has 9 rings (SSSR count). The molecule has 0 saturated heterocycles. The molecular weight excluding hydrogens is 514 g/mol. The van der Waals surface area contributed by atoms with Crippen LogP contribution in [0.2, 0.25) is 0 Å². The van der Waals surface area contributed by atoms with Gasteiger partial charge in [-0.3, -0.25) is 0 Å². The monoisotopic (exact) mass is 552 g/mol. The van der Waals surface area contributed by atoms with Crippen LogP contribution < -0.4 is 30.5 Å². The second kappa shape index (κ2) is 9.57. The van der Waals surface area contributed by atoms with Gasteiger partial charge in [0.2, 0.25) is 5.36 Å². The van der Waals surface area contributed by atoms with Gasteiger partial charge >= 0.3 is 0 Å². The molecule has 0 atom stereocenters. The first-order valence-electron chi connectivity index (χ1n) is 16.1. The molecule has 2 N–H and O–H groups in total. The van der Waals surface area contributed by atoms with Gasteiger partial charge in [0.25, 0.3) is 0 Å². The van der Waals surface area contributed by atoms with Crippen molar-refractivity contribution in [3.63, 3.8) is 0 Å². The summed E-state index contributed by atoms with van der Waals surface area (Å²) in [6.07, 6.45) is 9.42. The molecule has 5 aliphatic rings. The van der Waals surface area contributed by atoms with Crippen LogP contribution in [-0.2, 0) is 32.2 Å². The number of nitrogens with zero attached hydrogens (tertiary/aromatic N) is 2. The Kier molecular flexibility index (Phi) is 5.62. The minimum absolute atomic E-state index is 0.575. The summed E-state index contributed by atoms with van der Waals surface area (Å²) < 4.78 is 9.84. The lowest BCUT2D eigenvalue weighted by molar-refractivity contribution is 0.431. The normalized spacial score (nSPS) is 18.1. The van der Waals surface area contributed by atoms with Crippen molar-refractivity contribution >= 4 is 11.3 Å². The van der Waals surface area contributed by atoms with Crippen LogP contribution in [-0.4, -0.2) is 26.2 Å². The minimum atomic E-state index is 0.575. The number of rotatable bonds is 3. The number of ether oxygens (including phenoxy) is 1. The van der Waals surface area contributed by atoms with Crippen molar-refractivity contribution in [2.75, 3.05) is 31.1 Å². The minimum Gasteiger partial charge on any atom is -0.455 e. The average Bonchev–Trinajstić information content (AvgIpc) is 3.05. The third-order valence-corrected chi connectivity index (χ3v) is 10.4. The van der Waals surface area contributed by atoms with Crippen molar-refractivity contribution in [2.24, 2.45) is 5.73 Å².